The maximum Gasteiger partial charge on any atom is 0.306 e. The molecule has 108 valence electrons. The lowest BCUT2D eigenvalue weighted by Gasteiger charge is -2.08. The summed E-state index contributed by atoms with van der Waals surface area (Å²) in [5.74, 6) is -0.908. The monoisotopic (exact) mass is 280 g/mol. The van der Waals surface area contributed by atoms with Gasteiger partial charge in [-0.1, -0.05) is 6.92 Å². The Morgan fingerprint density at radius 2 is 2.10 bits per heavy atom. The van der Waals surface area contributed by atoms with Crippen LogP contribution < -0.4 is 5.32 Å². The van der Waals surface area contributed by atoms with Crippen LogP contribution in [0.3, 0.4) is 0 Å². The fourth-order valence-electron chi connectivity index (χ4n) is 1.51. The van der Waals surface area contributed by atoms with Crippen molar-refractivity contribution in [3.63, 3.8) is 0 Å². The highest BCUT2D eigenvalue weighted by Gasteiger charge is 2.11. The van der Waals surface area contributed by atoms with E-state index in [1.54, 1.807) is 6.92 Å². The van der Waals surface area contributed by atoms with Gasteiger partial charge in [0.1, 0.15) is 0 Å². The van der Waals surface area contributed by atoms with E-state index >= 15 is 0 Å². The summed E-state index contributed by atoms with van der Waals surface area (Å²) in [5, 5.41) is 13.1. The van der Waals surface area contributed by atoms with Crippen molar-refractivity contribution >= 4 is 23.3 Å². The van der Waals surface area contributed by atoms with Crippen LogP contribution in [0, 0.1) is 17.0 Å². The van der Waals surface area contributed by atoms with Gasteiger partial charge in [0.25, 0.3) is 11.6 Å². The molecule has 0 bridgehead atoms. The Kier molecular flexibility index (Phi) is 5.64. The first-order valence-electron chi connectivity index (χ1n) is 6.14. The number of anilines is 1. The number of nitro groups is 1. The molecule has 0 heterocycles. The lowest BCUT2D eigenvalue weighted by atomic mass is 10.2. The number of hydrogen-bond donors (Lipinski definition) is 1. The normalized spacial score (nSPS) is 9.90. The number of rotatable bonds is 6. The Morgan fingerprint density at radius 1 is 1.40 bits per heavy atom. The molecule has 1 rings (SSSR count). The van der Waals surface area contributed by atoms with Crippen molar-refractivity contribution in [3.05, 3.63) is 33.9 Å². The highest BCUT2D eigenvalue weighted by molar-refractivity contribution is 5.93. The van der Waals surface area contributed by atoms with E-state index in [-0.39, 0.29) is 18.7 Å². The maximum absolute atomic E-state index is 11.6. The second kappa shape index (κ2) is 7.22. The molecule has 0 atom stereocenters. The number of carbonyl (C=O) groups excluding carboxylic acids is 2. The number of ether oxygens (including phenoxy) is 1. The van der Waals surface area contributed by atoms with Gasteiger partial charge in [0.15, 0.2) is 6.61 Å². The zero-order valence-corrected chi connectivity index (χ0v) is 11.3. The number of nitrogens with zero attached hydrogens (tertiary/aromatic N) is 1. The largest absolute Gasteiger partial charge is 0.456 e. The van der Waals surface area contributed by atoms with E-state index < -0.39 is 16.8 Å². The Bertz CT molecular complexity index is 527. The minimum absolute atomic E-state index is 0.0464. The first-order valence-corrected chi connectivity index (χ1v) is 6.14. The van der Waals surface area contributed by atoms with Gasteiger partial charge in [0.05, 0.1) is 4.92 Å². The van der Waals surface area contributed by atoms with Crippen LogP contribution >= 0.6 is 0 Å². The predicted molar refractivity (Wildman–Crippen MR) is 72.3 cm³/mol. The zero-order valence-electron chi connectivity index (χ0n) is 11.3. The molecule has 7 nitrogen and oxygen atoms in total. The Labute approximate surface area is 116 Å². The van der Waals surface area contributed by atoms with Crippen molar-refractivity contribution in [2.45, 2.75) is 26.7 Å². The van der Waals surface area contributed by atoms with Gasteiger partial charge in [-0.2, -0.15) is 0 Å². The highest BCUT2D eigenvalue weighted by atomic mass is 16.6. The molecule has 0 aliphatic rings. The summed E-state index contributed by atoms with van der Waals surface area (Å²) in [4.78, 5) is 32.8. The zero-order chi connectivity index (χ0) is 15.1. The minimum Gasteiger partial charge on any atom is -0.456 e. The molecule has 7 heteroatoms. The van der Waals surface area contributed by atoms with Crippen molar-refractivity contribution in [2.75, 3.05) is 11.9 Å². The van der Waals surface area contributed by atoms with Crippen molar-refractivity contribution < 1.29 is 19.2 Å². The van der Waals surface area contributed by atoms with E-state index in [1.165, 1.54) is 18.2 Å². The number of nitro benzene ring substituents is 1. The van der Waals surface area contributed by atoms with Crippen molar-refractivity contribution in [1.82, 2.24) is 0 Å². The summed E-state index contributed by atoms with van der Waals surface area (Å²) in [7, 11) is 0. The van der Waals surface area contributed by atoms with Crippen LogP contribution in [0.4, 0.5) is 11.4 Å². The van der Waals surface area contributed by atoms with Gasteiger partial charge in [-0.15, -0.1) is 0 Å². The van der Waals surface area contributed by atoms with Crippen LogP contribution in [0.25, 0.3) is 0 Å². The van der Waals surface area contributed by atoms with E-state index in [4.69, 9.17) is 4.74 Å². The Morgan fingerprint density at radius 3 is 2.65 bits per heavy atom. The summed E-state index contributed by atoms with van der Waals surface area (Å²) in [6, 6.07) is 4.10. The predicted octanol–water partition coefficient (Wildman–Crippen LogP) is 2.19. The summed E-state index contributed by atoms with van der Waals surface area (Å²) < 4.78 is 4.76. The number of benzene rings is 1. The molecule has 0 aliphatic heterocycles. The third-order valence-corrected chi connectivity index (χ3v) is 2.51. The summed E-state index contributed by atoms with van der Waals surface area (Å²) in [5.41, 5.74) is 0.967. The molecule has 1 aromatic carbocycles. The third kappa shape index (κ3) is 4.68. The molecule has 0 fully saturated rings. The summed E-state index contributed by atoms with van der Waals surface area (Å²) >= 11 is 0. The van der Waals surface area contributed by atoms with Crippen LogP contribution in [0.15, 0.2) is 18.2 Å². The van der Waals surface area contributed by atoms with Crippen LogP contribution in [0.5, 0.6) is 0 Å². The lowest BCUT2D eigenvalue weighted by molar-refractivity contribution is -0.384. The minimum atomic E-state index is -0.509. The van der Waals surface area contributed by atoms with Crippen LogP contribution in [0.1, 0.15) is 25.3 Å². The van der Waals surface area contributed by atoms with Crippen molar-refractivity contribution in [2.24, 2.45) is 0 Å². The molecular weight excluding hydrogens is 264 g/mol. The molecular formula is C13H16N2O5. The molecule has 0 unspecified atom stereocenters. The number of hydrogen-bond acceptors (Lipinski definition) is 5. The standard InChI is InChI=1S/C13H16N2O5/c1-3-4-13(17)20-8-12(16)14-11-6-5-10(15(18)19)7-9(11)2/h5-7H,3-4,8H2,1-2H3,(H,14,16). The quantitative estimate of drug-likeness (QED) is 0.489. The average molecular weight is 280 g/mol. The average Bonchev–Trinajstić information content (AvgIpc) is 2.39. The fourth-order valence-corrected chi connectivity index (χ4v) is 1.51. The van der Waals surface area contributed by atoms with Gasteiger partial charge in [0.2, 0.25) is 0 Å². The number of non-ortho nitro benzene ring substituents is 1. The summed E-state index contributed by atoms with van der Waals surface area (Å²) in [6.07, 6.45) is 0.922. The molecule has 1 N–H and O–H groups in total. The van der Waals surface area contributed by atoms with E-state index in [0.717, 1.165) is 0 Å². The molecule has 0 radical (unpaired) electrons. The van der Waals surface area contributed by atoms with Gasteiger partial charge in [-0.25, -0.2) is 0 Å². The van der Waals surface area contributed by atoms with Crippen LogP contribution in [-0.2, 0) is 14.3 Å². The smallest absolute Gasteiger partial charge is 0.306 e. The van der Waals surface area contributed by atoms with E-state index in [9.17, 15) is 19.7 Å². The number of nitrogens with one attached hydrogen (secondary N) is 1. The SMILES string of the molecule is CCCC(=O)OCC(=O)Nc1ccc([N+](=O)[O-])cc1C. The second-order valence-corrected chi connectivity index (χ2v) is 4.22. The van der Waals surface area contributed by atoms with Gasteiger partial charge in [-0.05, 0) is 25.0 Å². The van der Waals surface area contributed by atoms with Gasteiger partial charge in [-0.3, -0.25) is 19.7 Å². The van der Waals surface area contributed by atoms with Crippen molar-refractivity contribution in [3.8, 4) is 0 Å². The molecule has 20 heavy (non-hydrogen) atoms. The molecule has 1 amide bonds. The maximum atomic E-state index is 11.6. The Balaban J connectivity index is 2.58. The van der Waals surface area contributed by atoms with Gasteiger partial charge >= 0.3 is 5.97 Å². The summed E-state index contributed by atoms with van der Waals surface area (Å²) in [6.45, 7) is 3.11. The Hall–Kier alpha value is -2.44. The number of carbonyl (C=O) groups is 2. The van der Waals surface area contributed by atoms with Crippen molar-refractivity contribution in [1.29, 1.82) is 0 Å². The third-order valence-electron chi connectivity index (χ3n) is 2.51. The van der Waals surface area contributed by atoms with Gasteiger partial charge in [0, 0.05) is 24.2 Å². The molecule has 0 spiro atoms. The van der Waals surface area contributed by atoms with E-state index in [2.05, 4.69) is 5.32 Å². The number of aryl methyl sites for hydroxylation is 1. The van der Waals surface area contributed by atoms with E-state index in [1.807, 2.05) is 6.92 Å². The number of amides is 1. The first kappa shape index (κ1) is 15.6. The van der Waals surface area contributed by atoms with Gasteiger partial charge < -0.3 is 10.1 Å². The molecule has 0 saturated carbocycles. The molecule has 0 aliphatic carbocycles. The van der Waals surface area contributed by atoms with Crippen LogP contribution in [-0.4, -0.2) is 23.4 Å². The molecule has 0 aromatic heterocycles. The number of esters is 1. The molecule has 0 saturated heterocycles. The first-order chi connectivity index (χ1) is 9.43. The highest BCUT2D eigenvalue weighted by Crippen LogP contribution is 2.20. The van der Waals surface area contributed by atoms with E-state index in [0.29, 0.717) is 17.7 Å². The second-order valence-electron chi connectivity index (χ2n) is 4.22. The lowest BCUT2D eigenvalue weighted by Crippen LogP contribution is -2.21. The topological polar surface area (TPSA) is 98.5 Å². The fraction of sp³-hybridized carbons (Fsp3) is 0.385. The van der Waals surface area contributed by atoms with Crippen LogP contribution in [0.2, 0.25) is 0 Å². The molecule has 1 aromatic rings.